The molecule has 0 radical (unpaired) electrons. The summed E-state index contributed by atoms with van der Waals surface area (Å²) in [4.78, 5) is 17.1. The molecule has 0 aliphatic heterocycles. The van der Waals surface area contributed by atoms with Gasteiger partial charge in [-0.15, -0.1) is 0 Å². The van der Waals surface area contributed by atoms with Crippen molar-refractivity contribution >= 4 is 16.9 Å². The van der Waals surface area contributed by atoms with Crippen LogP contribution < -0.4 is 0 Å². The Morgan fingerprint density at radius 1 is 1.04 bits per heavy atom. The van der Waals surface area contributed by atoms with Gasteiger partial charge in [0, 0.05) is 11.6 Å². The Balaban J connectivity index is 1.96. The molecule has 0 aliphatic rings. The van der Waals surface area contributed by atoms with E-state index in [1.807, 2.05) is 54.6 Å². The number of carbonyl (C=O) groups is 1. The zero-order valence-corrected chi connectivity index (χ0v) is 13.3. The minimum Gasteiger partial charge on any atom is -0.457 e. The fourth-order valence-corrected chi connectivity index (χ4v) is 2.65. The maximum Gasteiger partial charge on any atom is 0.340 e. The summed E-state index contributed by atoms with van der Waals surface area (Å²) in [6.45, 7) is 4.40. The molecule has 0 fully saturated rings. The van der Waals surface area contributed by atoms with Gasteiger partial charge < -0.3 is 4.74 Å². The Labute approximate surface area is 135 Å². The fourth-order valence-electron chi connectivity index (χ4n) is 2.65. The van der Waals surface area contributed by atoms with Crippen LogP contribution in [0.3, 0.4) is 0 Å². The molecule has 1 aromatic heterocycles. The van der Waals surface area contributed by atoms with Crippen molar-refractivity contribution in [2.75, 3.05) is 0 Å². The number of aromatic nitrogens is 1. The van der Waals surface area contributed by atoms with Gasteiger partial charge >= 0.3 is 5.97 Å². The number of hydrogen-bond donors (Lipinski definition) is 0. The van der Waals surface area contributed by atoms with Gasteiger partial charge in [-0.05, 0) is 23.1 Å². The SMILES string of the molecule is CC(C)c1ccc2cccnc2c1C(=O)OCc1ccccc1. The molecule has 0 atom stereocenters. The van der Waals surface area contributed by atoms with Crippen molar-refractivity contribution in [1.29, 1.82) is 0 Å². The Morgan fingerprint density at radius 2 is 1.83 bits per heavy atom. The monoisotopic (exact) mass is 305 g/mol. The summed E-state index contributed by atoms with van der Waals surface area (Å²) < 4.78 is 5.53. The minimum atomic E-state index is -0.318. The number of esters is 1. The third-order valence-corrected chi connectivity index (χ3v) is 3.85. The summed E-state index contributed by atoms with van der Waals surface area (Å²) in [7, 11) is 0. The third-order valence-electron chi connectivity index (χ3n) is 3.85. The highest BCUT2D eigenvalue weighted by Gasteiger charge is 2.19. The summed E-state index contributed by atoms with van der Waals surface area (Å²) in [5, 5.41) is 0.948. The van der Waals surface area contributed by atoms with Crippen LogP contribution in [0.15, 0.2) is 60.8 Å². The molecule has 0 N–H and O–H groups in total. The van der Waals surface area contributed by atoms with Gasteiger partial charge in [-0.25, -0.2) is 4.79 Å². The number of carbonyl (C=O) groups excluding carboxylic acids is 1. The zero-order chi connectivity index (χ0) is 16.2. The number of nitrogens with zero attached hydrogens (tertiary/aromatic N) is 1. The van der Waals surface area contributed by atoms with Crippen LogP contribution in [0, 0.1) is 0 Å². The van der Waals surface area contributed by atoms with Gasteiger partial charge in [-0.2, -0.15) is 0 Å². The predicted molar refractivity (Wildman–Crippen MR) is 91.4 cm³/mol. The van der Waals surface area contributed by atoms with E-state index < -0.39 is 0 Å². The highest BCUT2D eigenvalue weighted by Crippen LogP contribution is 2.27. The lowest BCUT2D eigenvalue weighted by atomic mass is 9.94. The topological polar surface area (TPSA) is 39.2 Å². The predicted octanol–water partition coefficient (Wildman–Crippen LogP) is 4.72. The smallest absolute Gasteiger partial charge is 0.340 e. The molecule has 0 saturated heterocycles. The Hall–Kier alpha value is -2.68. The third kappa shape index (κ3) is 3.24. The summed E-state index contributed by atoms with van der Waals surface area (Å²) in [6.07, 6.45) is 1.71. The van der Waals surface area contributed by atoms with Gasteiger partial charge in [-0.1, -0.05) is 62.4 Å². The number of benzene rings is 2. The average Bonchev–Trinajstić information content (AvgIpc) is 2.59. The molecule has 3 heteroatoms. The average molecular weight is 305 g/mol. The van der Waals surface area contributed by atoms with Crippen molar-refractivity contribution < 1.29 is 9.53 Å². The Morgan fingerprint density at radius 3 is 2.57 bits per heavy atom. The van der Waals surface area contributed by atoms with Crippen molar-refractivity contribution in [1.82, 2.24) is 4.98 Å². The van der Waals surface area contributed by atoms with Gasteiger partial charge in [0.05, 0.1) is 11.1 Å². The molecule has 3 rings (SSSR count). The first-order valence-corrected chi connectivity index (χ1v) is 7.75. The molecule has 0 unspecified atom stereocenters. The van der Waals surface area contributed by atoms with Crippen LogP contribution in [-0.2, 0) is 11.3 Å². The van der Waals surface area contributed by atoms with Crippen LogP contribution in [0.25, 0.3) is 10.9 Å². The maximum atomic E-state index is 12.7. The molecule has 0 aliphatic carbocycles. The van der Waals surface area contributed by atoms with Crippen molar-refractivity contribution in [2.45, 2.75) is 26.4 Å². The second-order valence-corrected chi connectivity index (χ2v) is 5.82. The summed E-state index contributed by atoms with van der Waals surface area (Å²) in [5.74, 6) is -0.0949. The van der Waals surface area contributed by atoms with E-state index in [1.54, 1.807) is 6.20 Å². The first kappa shape index (κ1) is 15.2. The van der Waals surface area contributed by atoms with Crippen LogP contribution >= 0.6 is 0 Å². The van der Waals surface area contributed by atoms with E-state index >= 15 is 0 Å². The highest BCUT2D eigenvalue weighted by molar-refractivity contribution is 6.04. The van der Waals surface area contributed by atoms with E-state index in [9.17, 15) is 4.79 Å². The van der Waals surface area contributed by atoms with Crippen molar-refractivity contribution in [3.05, 3.63) is 77.5 Å². The molecule has 0 bridgehead atoms. The Bertz CT molecular complexity index is 825. The van der Waals surface area contributed by atoms with Crippen LogP contribution in [-0.4, -0.2) is 11.0 Å². The molecule has 0 amide bonds. The van der Waals surface area contributed by atoms with E-state index in [-0.39, 0.29) is 18.5 Å². The van der Waals surface area contributed by atoms with Gasteiger partial charge in [-0.3, -0.25) is 4.98 Å². The van der Waals surface area contributed by atoms with E-state index in [0.717, 1.165) is 16.5 Å². The summed E-state index contributed by atoms with van der Waals surface area (Å²) >= 11 is 0. The Kier molecular flexibility index (Phi) is 4.38. The van der Waals surface area contributed by atoms with Gasteiger partial charge in [0.15, 0.2) is 0 Å². The van der Waals surface area contributed by atoms with Crippen molar-refractivity contribution in [3.63, 3.8) is 0 Å². The molecule has 116 valence electrons. The van der Waals surface area contributed by atoms with Gasteiger partial charge in [0.1, 0.15) is 6.61 Å². The maximum absolute atomic E-state index is 12.7. The number of hydrogen-bond acceptors (Lipinski definition) is 3. The molecule has 0 saturated carbocycles. The zero-order valence-electron chi connectivity index (χ0n) is 13.3. The van der Waals surface area contributed by atoms with E-state index in [1.165, 1.54) is 0 Å². The first-order valence-electron chi connectivity index (χ1n) is 7.75. The summed E-state index contributed by atoms with van der Waals surface area (Å²) in [5.41, 5.74) is 3.22. The quantitative estimate of drug-likeness (QED) is 0.655. The first-order chi connectivity index (χ1) is 11.2. The van der Waals surface area contributed by atoms with E-state index in [0.29, 0.717) is 11.1 Å². The normalized spacial score (nSPS) is 10.9. The van der Waals surface area contributed by atoms with E-state index in [2.05, 4.69) is 18.8 Å². The van der Waals surface area contributed by atoms with E-state index in [4.69, 9.17) is 4.74 Å². The molecule has 2 aromatic carbocycles. The number of pyridine rings is 1. The molecule has 3 aromatic rings. The van der Waals surface area contributed by atoms with Crippen molar-refractivity contribution in [3.8, 4) is 0 Å². The van der Waals surface area contributed by atoms with Crippen LogP contribution in [0.1, 0.15) is 41.3 Å². The van der Waals surface area contributed by atoms with Crippen LogP contribution in [0.2, 0.25) is 0 Å². The lowest BCUT2D eigenvalue weighted by molar-refractivity contribution is 0.0473. The molecule has 0 spiro atoms. The highest BCUT2D eigenvalue weighted by atomic mass is 16.5. The second kappa shape index (κ2) is 6.61. The molecule has 23 heavy (non-hydrogen) atoms. The molecule has 1 heterocycles. The number of ether oxygens (including phenoxy) is 1. The van der Waals surface area contributed by atoms with Gasteiger partial charge in [0.2, 0.25) is 0 Å². The number of rotatable bonds is 4. The van der Waals surface area contributed by atoms with Gasteiger partial charge in [0.25, 0.3) is 0 Å². The van der Waals surface area contributed by atoms with Crippen molar-refractivity contribution in [2.24, 2.45) is 0 Å². The minimum absolute atomic E-state index is 0.223. The second-order valence-electron chi connectivity index (χ2n) is 5.82. The standard InChI is InChI=1S/C20H19NO2/c1-14(2)17-11-10-16-9-6-12-21-19(16)18(17)20(22)23-13-15-7-4-3-5-8-15/h3-12,14H,13H2,1-2H3. The lowest BCUT2D eigenvalue weighted by Gasteiger charge is -2.14. The lowest BCUT2D eigenvalue weighted by Crippen LogP contribution is -2.11. The summed E-state index contributed by atoms with van der Waals surface area (Å²) in [6, 6.07) is 17.5. The number of fused-ring (bicyclic) bond motifs is 1. The molecular weight excluding hydrogens is 286 g/mol. The van der Waals surface area contributed by atoms with Crippen LogP contribution in [0.4, 0.5) is 0 Å². The molecule has 3 nitrogen and oxygen atoms in total. The molecular formula is C20H19NO2. The fraction of sp³-hybridized carbons (Fsp3) is 0.200. The largest absolute Gasteiger partial charge is 0.457 e. The van der Waals surface area contributed by atoms with Crippen LogP contribution in [0.5, 0.6) is 0 Å².